The standard InChI is InChI=1S/C12H11F3N4O/c1-20-6-2-3-7(13)10(4-6)17-11-8(14)5-9(15)12(18-11)19-16/h2-5H,16H2,1H3,(H2,17,18,19). The zero-order chi connectivity index (χ0) is 14.7. The highest BCUT2D eigenvalue weighted by Crippen LogP contribution is 2.26. The third kappa shape index (κ3) is 2.75. The summed E-state index contributed by atoms with van der Waals surface area (Å²) in [6.07, 6.45) is 0. The monoisotopic (exact) mass is 284 g/mol. The Labute approximate surface area is 112 Å². The van der Waals surface area contributed by atoms with Crippen molar-refractivity contribution in [1.82, 2.24) is 4.98 Å². The molecule has 1 aromatic carbocycles. The second-order valence-corrected chi connectivity index (χ2v) is 3.76. The molecule has 5 nitrogen and oxygen atoms in total. The normalized spacial score (nSPS) is 10.2. The molecule has 106 valence electrons. The fourth-order valence-electron chi connectivity index (χ4n) is 1.51. The number of hydrogen-bond acceptors (Lipinski definition) is 5. The second-order valence-electron chi connectivity index (χ2n) is 3.76. The van der Waals surface area contributed by atoms with Gasteiger partial charge in [-0.15, -0.1) is 0 Å². The van der Waals surface area contributed by atoms with E-state index in [4.69, 9.17) is 10.6 Å². The van der Waals surface area contributed by atoms with Crippen LogP contribution in [0.15, 0.2) is 24.3 Å². The van der Waals surface area contributed by atoms with Gasteiger partial charge in [0, 0.05) is 12.1 Å². The molecule has 2 rings (SSSR count). The summed E-state index contributed by atoms with van der Waals surface area (Å²) in [7, 11) is 1.41. The van der Waals surface area contributed by atoms with Gasteiger partial charge in [-0.25, -0.2) is 24.0 Å². The molecule has 0 unspecified atom stereocenters. The van der Waals surface area contributed by atoms with Gasteiger partial charge in [0.25, 0.3) is 0 Å². The highest BCUT2D eigenvalue weighted by molar-refractivity contribution is 5.61. The first kappa shape index (κ1) is 13.9. The molecule has 0 amide bonds. The fraction of sp³-hybridized carbons (Fsp3) is 0.0833. The highest BCUT2D eigenvalue weighted by Gasteiger charge is 2.13. The molecule has 0 spiro atoms. The van der Waals surface area contributed by atoms with Crippen LogP contribution in [-0.2, 0) is 0 Å². The molecule has 0 saturated carbocycles. The molecule has 0 fully saturated rings. The average Bonchev–Trinajstić information content (AvgIpc) is 2.44. The molecule has 1 aromatic heterocycles. The third-order valence-corrected chi connectivity index (χ3v) is 2.49. The van der Waals surface area contributed by atoms with Crippen LogP contribution in [0.5, 0.6) is 5.75 Å². The molecule has 4 N–H and O–H groups in total. The maximum atomic E-state index is 13.6. The summed E-state index contributed by atoms with van der Waals surface area (Å²) >= 11 is 0. The van der Waals surface area contributed by atoms with Gasteiger partial charge in [-0.1, -0.05) is 0 Å². The van der Waals surface area contributed by atoms with Crippen LogP contribution in [-0.4, -0.2) is 12.1 Å². The molecule has 8 heteroatoms. The molecule has 0 saturated heterocycles. The van der Waals surface area contributed by atoms with Crippen molar-refractivity contribution in [3.8, 4) is 5.75 Å². The number of nitrogen functional groups attached to an aromatic ring is 1. The fourth-order valence-corrected chi connectivity index (χ4v) is 1.51. The maximum Gasteiger partial charge on any atom is 0.178 e. The largest absolute Gasteiger partial charge is 0.497 e. The molecule has 0 radical (unpaired) electrons. The average molecular weight is 284 g/mol. The Kier molecular flexibility index (Phi) is 3.94. The number of nitrogens with zero attached hydrogens (tertiary/aromatic N) is 1. The Morgan fingerprint density at radius 1 is 1.05 bits per heavy atom. The van der Waals surface area contributed by atoms with E-state index in [0.717, 1.165) is 6.07 Å². The summed E-state index contributed by atoms with van der Waals surface area (Å²) in [6, 6.07) is 4.45. The summed E-state index contributed by atoms with van der Waals surface area (Å²) in [5.74, 6) is 2.10. The van der Waals surface area contributed by atoms with E-state index in [-0.39, 0.29) is 17.3 Å². The van der Waals surface area contributed by atoms with Crippen LogP contribution < -0.4 is 21.3 Å². The van der Waals surface area contributed by atoms with Crippen molar-refractivity contribution in [2.24, 2.45) is 5.84 Å². The minimum atomic E-state index is -0.983. The number of anilines is 3. The van der Waals surface area contributed by atoms with Crippen LogP contribution in [0.1, 0.15) is 0 Å². The van der Waals surface area contributed by atoms with Gasteiger partial charge >= 0.3 is 0 Å². The number of rotatable bonds is 4. The summed E-state index contributed by atoms with van der Waals surface area (Å²) in [5, 5.41) is 2.41. The Morgan fingerprint density at radius 2 is 1.75 bits per heavy atom. The van der Waals surface area contributed by atoms with E-state index in [0.29, 0.717) is 11.8 Å². The summed E-state index contributed by atoms with van der Waals surface area (Å²) in [4.78, 5) is 3.58. The predicted octanol–water partition coefficient (Wildman–Crippen LogP) is 2.54. The molecular formula is C12H11F3N4O. The Bertz CT molecular complexity index is 636. The number of aromatic nitrogens is 1. The number of methoxy groups -OCH3 is 1. The summed E-state index contributed by atoms with van der Waals surface area (Å²) in [5.41, 5.74) is 1.91. The van der Waals surface area contributed by atoms with Gasteiger partial charge in [-0.2, -0.15) is 0 Å². The Balaban J connectivity index is 2.39. The first-order valence-electron chi connectivity index (χ1n) is 5.48. The smallest absolute Gasteiger partial charge is 0.178 e. The van der Waals surface area contributed by atoms with Crippen LogP contribution in [0, 0.1) is 17.5 Å². The number of hydrazine groups is 1. The number of benzene rings is 1. The van der Waals surface area contributed by atoms with E-state index in [2.05, 4.69) is 10.3 Å². The summed E-state index contributed by atoms with van der Waals surface area (Å²) < 4.78 is 45.3. The topological polar surface area (TPSA) is 72.2 Å². The van der Waals surface area contributed by atoms with Crippen molar-refractivity contribution >= 4 is 17.3 Å². The van der Waals surface area contributed by atoms with Crippen molar-refractivity contribution < 1.29 is 17.9 Å². The number of hydrogen-bond donors (Lipinski definition) is 3. The minimum Gasteiger partial charge on any atom is -0.497 e. The van der Waals surface area contributed by atoms with E-state index >= 15 is 0 Å². The number of ether oxygens (including phenoxy) is 1. The van der Waals surface area contributed by atoms with Crippen LogP contribution in [0.2, 0.25) is 0 Å². The lowest BCUT2D eigenvalue weighted by atomic mass is 10.2. The maximum absolute atomic E-state index is 13.6. The van der Waals surface area contributed by atoms with Crippen LogP contribution >= 0.6 is 0 Å². The second kappa shape index (κ2) is 5.66. The van der Waals surface area contributed by atoms with Gasteiger partial charge in [0.2, 0.25) is 0 Å². The van der Waals surface area contributed by atoms with Gasteiger partial charge in [0.05, 0.1) is 12.8 Å². The molecule has 20 heavy (non-hydrogen) atoms. The van der Waals surface area contributed by atoms with Gasteiger partial charge in [-0.3, -0.25) is 0 Å². The molecule has 0 aliphatic rings. The Morgan fingerprint density at radius 3 is 2.40 bits per heavy atom. The molecule has 2 aromatic rings. The number of pyridine rings is 1. The highest BCUT2D eigenvalue weighted by atomic mass is 19.1. The van der Waals surface area contributed by atoms with Gasteiger partial charge in [-0.05, 0) is 12.1 Å². The van der Waals surface area contributed by atoms with E-state index in [9.17, 15) is 13.2 Å². The predicted molar refractivity (Wildman–Crippen MR) is 68.2 cm³/mol. The van der Waals surface area contributed by atoms with E-state index in [1.54, 1.807) is 0 Å². The quantitative estimate of drug-likeness (QED) is 0.594. The van der Waals surface area contributed by atoms with E-state index in [1.807, 2.05) is 5.43 Å². The molecule has 0 atom stereocenters. The van der Waals surface area contributed by atoms with E-state index in [1.165, 1.54) is 19.2 Å². The van der Waals surface area contributed by atoms with E-state index < -0.39 is 17.5 Å². The minimum absolute atomic E-state index is 0.0645. The van der Waals surface area contributed by atoms with Gasteiger partial charge in [0.1, 0.15) is 11.6 Å². The van der Waals surface area contributed by atoms with Crippen molar-refractivity contribution in [3.63, 3.8) is 0 Å². The zero-order valence-corrected chi connectivity index (χ0v) is 10.4. The number of halogens is 3. The molecule has 0 bridgehead atoms. The number of nitrogens with two attached hydrogens (primary N) is 1. The lowest BCUT2D eigenvalue weighted by Crippen LogP contribution is -2.12. The molecule has 1 heterocycles. The zero-order valence-electron chi connectivity index (χ0n) is 10.4. The Hall–Kier alpha value is -2.48. The van der Waals surface area contributed by atoms with Crippen LogP contribution in [0.4, 0.5) is 30.5 Å². The SMILES string of the molecule is COc1ccc(F)c(Nc2nc(NN)c(F)cc2F)c1. The summed E-state index contributed by atoms with van der Waals surface area (Å²) in [6.45, 7) is 0. The first-order valence-corrected chi connectivity index (χ1v) is 5.48. The number of nitrogens with one attached hydrogen (secondary N) is 2. The van der Waals surface area contributed by atoms with Crippen LogP contribution in [0.25, 0.3) is 0 Å². The van der Waals surface area contributed by atoms with Crippen molar-refractivity contribution in [1.29, 1.82) is 0 Å². The van der Waals surface area contributed by atoms with Crippen molar-refractivity contribution in [3.05, 3.63) is 41.7 Å². The first-order chi connectivity index (χ1) is 9.55. The lowest BCUT2D eigenvalue weighted by molar-refractivity contribution is 0.414. The molecule has 0 aliphatic carbocycles. The van der Waals surface area contributed by atoms with Crippen molar-refractivity contribution in [2.75, 3.05) is 17.9 Å². The molecule has 0 aliphatic heterocycles. The van der Waals surface area contributed by atoms with Gasteiger partial charge in [0.15, 0.2) is 23.3 Å². The third-order valence-electron chi connectivity index (χ3n) is 2.49. The van der Waals surface area contributed by atoms with Crippen molar-refractivity contribution in [2.45, 2.75) is 0 Å². The lowest BCUT2D eigenvalue weighted by Gasteiger charge is -2.11. The van der Waals surface area contributed by atoms with Crippen LogP contribution in [0.3, 0.4) is 0 Å². The molecular weight excluding hydrogens is 273 g/mol. The van der Waals surface area contributed by atoms with Gasteiger partial charge < -0.3 is 15.5 Å².